The third-order valence-corrected chi connectivity index (χ3v) is 4.19. The van der Waals surface area contributed by atoms with Gasteiger partial charge in [0, 0.05) is 11.5 Å². The predicted molar refractivity (Wildman–Crippen MR) is 57.2 cm³/mol. The number of carbonyl (C=O) groups is 1. The van der Waals surface area contributed by atoms with Crippen molar-refractivity contribution in [3.8, 4) is 0 Å². The number of aromatic nitrogens is 3. The van der Waals surface area contributed by atoms with Crippen LogP contribution in [0.2, 0.25) is 0 Å². The van der Waals surface area contributed by atoms with E-state index in [-0.39, 0.29) is 22.5 Å². The van der Waals surface area contributed by atoms with Crippen molar-refractivity contribution in [3.05, 3.63) is 30.1 Å². The van der Waals surface area contributed by atoms with E-state index in [9.17, 15) is 9.28 Å². The smallest absolute Gasteiger partial charge is 0.169 e. The maximum atomic E-state index is 12.8. The van der Waals surface area contributed by atoms with Gasteiger partial charge >= 0.3 is 0 Å². The first kappa shape index (κ1) is 9.27. The molecule has 4 rings (SSSR count). The molecule has 0 N–H and O–H groups in total. The van der Waals surface area contributed by atoms with Crippen LogP contribution >= 0.6 is 0 Å². The summed E-state index contributed by atoms with van der Waals surface area (Å²) in [5, 5.41) is 6.91. The van der Waals surface area contributed by atoms with E-state index in [4.69, 9.17) is 0 Å². The van der Waals surface area contributed by atoms with Crippen molar-refractivity contribution in [2.24, 2.45) is 23.7 Å². The second kappa shape index (κ2) is 2.91. The SMILES string of the molecule is O=C1C(c2cn(F)nn2)=C[C@@H]2[C@H]1[C@@H]1C=C[C@H]2C1. The Kier molecular flexibility index (Phi) is 1.59. The molecular formula is C12H10FN3O. The predicted octanol–water partition coefficient (Wildman–Crippen LogP) is 1.42. The van der Waals surface area contributed by atoms with Crippen LogP contribution in [0.3, 0.4) is 0 Å². The molecule has 0 aliphatic heterocycles. The monoisotopic (exact) mass is 231 g/mol. The minimum Gasteiger partial charge on any atom is -0.294 e. The minimum absolute atomic E-state index is 0.0600. The zero-order chi connectivity index (χ0) is 11.6. The van der Waals surface area contributed by atoms with Crippen molar-refractivity contribution in [3.63, 3.8) is 0 Å². The topological polar surface area (TPSA) is 47.8 Å². The Balaban J connectivity index is 1.76. The Labute approximate surface area is 96.7 Å². The Hall–Kier alpha value is -1.78. The van der Waals surface area contributed by atoms with Gasteiger partial charge in [0.2, 0.25) is 0 Å². The molecule has 2 bridgehead atoms. The number of allylic oxidation sites excluding steroid dienone is 4. The van der Waals surface area contributed by atoms with E-state index in [1.165, 1.54) is 0 Å². The Morgan fingerprint density at radius 2 is 2.18 bits per heavy atom. The van der Waals surface area contributed by atoms with Crippen molar-refractivity contribution in [1.82, 2.24) is 15.2 Å². The van der Waals surface area contributed by atoms with Crippen LogP contribution in [0.1, 0.15) is 12.1 Å². The van der Waals surface area contributed by atoms with E-state index in [2.05, 4.69) is 22.5 Å². The second-order valence-electron chi connectivity index (χ2n) is 4.99. The number of rotatable bonds is 1. The van der Waals surface area contributed by atoms with Gasteiger partial charge in [0.1, 0.15) is 5.69 Å². The molecule has 5 heteroatoms. The molecule has 4 atom stereocenters. The summed E-state index contributed by atoms with van der Waals surface area (Å²) < 4.78 is 12.8. The number of carbonyl (C=O) groups excluding carboxylic acids is 1. The van der Waals surface area contributed by atoms with Gasteiger partial charge in [-0.25, -0.2) is 0 Å². The summed E-state index contributed by atoms with van der Waals surface area (Å²) in [5.74, 6) is 1.30. The van der Waals surface area contributed by atoms with Gasteiger partial charge in [-0.15, -0.1) is 5.10 Å². The number of halogens is 1. The van der Waals surface area contributed by atoms with Gasteiger partial charge in [0.15, 0.2) is 5.78 Å². The number of nitrogens with zero attached hydrogens (tertiary/aromatic N) is 3. The number of Topliss-reactive ketones (excluding diaryl/α,β-unsaturated/α-hetero) is 1. The van der Waals surface area contributed by atoms with Crippen molar-refractivity contribution in [2.75, 3.05) is 0 Å². The summed E-state index contributed by atoms with van der Waals surface area (Å²) in [6, 6.07) is 0. The van der Waals surface area contributed by atoms with Crippen molar-refractivity contribution in [2.45, 2.75) is 6.42 Å². The normalized spacial score (nSPS) is 37.7. The molecular weight excluding hydrogens is 221 g/mol. The van der Waals surface area contributed by atoms with Gasteiger partial charge in [0.25, 0.3) is 0 Å². The molecule has 1 fully saturated rings. The second-order valence-corrected chi connectivity index (χ2v) is 4.99. The van der Waals surface area contributed by atoms with E-state index in [1.54, 1.807) is 0 Å². The first-order valence-corrected chi connectivity index (χ1v) is 5.77. The molecule has 0 spiro atoms. The summed E-state index contributed by atoms with van der Waals surface area (Å²) >= 11 is 0. The maximum absolute atomic E-state index is 12.8. The average Bonchev–Trinajstić information content (AvgIpc) is 3.00. The third-order valence-electron chi connectivity index (χ3n) is 4.19. The molecule has 4 nitrogen and oxygen atoms in total. The highest BCUT2D eigenvalue weighted by atomic mass is 19.2. The lowest BCUT2D eigenvalue weighted by Gasteiger charge is -2.17. The van der Waals surface area contributed by atoms with Crippen LogP contribution < -0.4 is 0 Å². The largest absolute Gasteiger partial charge is 0.294 e. The Morgan fingerprint density at radius 1 is 1.35 bits per heavy atom. The molecule has 0 radical (unpaired) electrons. The van der Waals surface area contributed by atoms with E-state index in [0.717, 1.165) is 12.6 Å². The Morgan fingerprint density at radius 3 is 2.88 bits per heavy atom. The van der Waals surface area contributed by atoms with Gasteiger partial charge in [-0.1, -0.05) is 27.6 Å². The van der Waals surface area contributed by atoms with Gasteiger partial charge in [0.05, 0.1) is 6.20 Å². The molecule has 1 heterocycles. The van der Waals surface area contributed by atoms with Crippen LogP contribution in [-0.2, 0) is 4.79 Å². The first-order valence-electron chi connectivity index (χ1n) is 5.77. The highest BCUT2D eigenvalue weighted by Crippen LogP contribution is 2.54. The molecule has 3 aliphatic rings. The van der Waals surface area contributed by atoms with E-state index in [1.807, 2.05) is 6.08 Å². The van der Waals surface area contributed by atoms with Crippen LogP contribution in [-0.4, -0.2) is 21.0 Å². The number of hydrogen-bond donors (Lipinski definition) is 0. The van der Waals surface area contributed by atoms with Crippen LogP contribution in [0.25, 0.3) is 5.57 Å². The summed E-state index contributed by atoms with van der Waals surface area (Å²) in [7, 11) is 0. The van der Waals surface area contributed by atoms with Crippen LogP contribution in [0.4, 0.5) is 4.48 Å². The van der Waals surface area contributed by atoms with Crippen molar-refractivity contribution < 1.29 is 9.28 Å². The highest BCUT2D eigenvalue weighted by Gasteiger charge is 2.51. The van der Waals surface area contributed by atoms with Gasteiger partial charge < -0.3 is 0 Å². The fourth-order valence-electron chi connectivity index (χ4n) is 3.49. The molecule has 3 aliphatic carbocycles. The van der Waals surface area contributed by atoms with Crippen LogP contribution in [0, 0.1) is 23.7 Å². The molecule has 17 heavy (non-hydrogen) atoms. The quantitative estimate of drug-likeness (QED) is 0.687. The molecule has 0 unspecified atom stereocenters. The fraction of sp³-hybridized carbons (Fsp3) is 0.417. The molecule has 1 saturated carbocycles. The molecule has 0 saturated heterocycles. The summed E-state index contributed by atoms with van der Waals surface area (Å²) in [6.45, 7) is 0. The Bertz CT molecular complexity index is 574. The van der Waals surface area contributed by atoms with Gasteiger partial charge in [-0.3, -0.25) is 4.79 Å². The molecule has 0 amide bonds. The third kappa shape index (κ3) is 1.09. The standard InChI is InChI=1S/C12H10FN3O/c13-16-5-10(14-15-16)9-4-8-6-1-2-7(3-6)11(8)12(9)17/h1-2,4-8,11H,3H2/t6-,7+,8-,11+/m0/s1. The maximum Gasteiger partial charge on any atom is 0.169 e. The van der Waals surface area contributed by atoms with E-state index in [0.29, 0.717) is 23.1 Å². The molecule has 1 aromatic heterocycles. The van der Waals surface area contributed by atoms with Gasteiger partial charge in [-0.2, -0.15) is 0 Å². The average molecular weight is 231 g/mol. The fourth-order valence-corrected chi connectivity index (χ4v) is 3.49. The lowest BCUT2D eigenvalue weighted by molar-refractivity contribution is -0.117. The lowest BCUT2D eigenvalue weighted by Crippen LogP contribution is -2.21. The number of hydrogen-bond acceptors (Lipinski definition) is 3. The molecule has 86 valence electrons. The minimum atomic E-state index is 0.0600. The zero-order valence-corrected chi connectivity index (χ0v) is 8.95. The zero-order valence-electron chi connectivity index (χ0n) is 8.95. The van der Waals surface area contributed by atoms with Crippen LogP contribution in [0.5, 0.6) is 0 Å². The van der Waals surface area contributed by atoms with E-state index >= 15 is 0 Å². The number of ketones is 1. The number of fused-ring (bicyclic) bond motifs is 5. The first-order chi connectivity index (χ1) is 8.24. The summed E-state index contributed by atoms with van der Waals surface area (Å²) in [5.41, 5.74) is 0.897. The van der Waals surface area contributed by atoms with Crippen molar-refractivity contribution >= 4 is 11.4 Å². The molecule has 0 aromatic carbocycles. The molecule has 1 aromatic rings. The van der Waals surface area contributed by atoms with Crippen molar-refractivity contribution in [1.29, 1.82) is 0 Å². The van der Waals surface area contributed by atoms with Crippen LogP contribution in [0.15, 0.2) is 24.4 Å². The highest BCUT2D eigenvalue weighted by molar-refractivity contribution is 6.23. The summed E-state index contributed by atoms with van der Waals surface area (Å²) in [4.78, 5) is 12.4. The van der Waals surface area contributed by atoms with Gasteiger partial charge in [-0.05, 0) is 29.4 Å². The lowest BCUT2D eigenvalue weighted by atomic mass is 9.85. The summed E-state index contributed by atoms with van der Waals surface area (Å²) in [6.07, 6.45) is 8.54. The van der Waals surface area contributed by atoms with E-state index < -0.39 is 0 Å².